The van der Waals surface area contributed by atoms with Crippen LogP contribution >= 0.6 is 0 Å². The standard InChI is InChI=1S/C22H21FN4O/c23-18-8-4-6-16(14-18)21(28)27-13-5-7-17(15-27)20-11-12-24-22(26-20)25-19-9-2-1-3-10-19/h1-4,6,8-12,14,17H,5,7,13,15H2,(H,24,25,26). The number of anilines is 2. The first-order valence-corrected chi connectivity index (χ1v) is 9.39. The van der Waals surface area contributed by atoms with Crippen LogP contribution in [0.15, 0.2) is 66.9 Å². The van der Waals surface area contributed by atoms with Gasteiger partial charge in [-0.15, -0.1) is 0 Å². The molecule has 6 heteroatoms. The quantitative estimate of drug-likeness (QED) is 0.734. The SMILES string of the molecule is O=C(c1cccc(F)c1)N1CCCC(c2ccnc(Nc3ccccc3)n2)C1. The number of amides is 1. The van der Waals surface area contributed by atoms with Crippen LogP contribution in [0.5, 0.6) is 0 Å². The van der Waals surface area contributed by atoms with Crippen molar-refractivity contribution in [1.82, 2.24) is 14.9 Å². The van der Waals surface area contributed by atoms with Gasteiger partial charge in [0.2, 0.25) is 5.95 Å². The molecule has 1 unspecified atom stereocenters. The second-order valence-electron chi connectivity index (χ2n) is 6.90. The third-order valence-corrected chi connectivity index (χ3v) is 4.91. The maximum atomic E-state index is 13.5. The van der Waals surface area contributed by atoms with Gasteiger partial charge in [-0.1, -0.05) is 24.3 Å². The molecular weight excluding hydrogens is 355 g/mol. The summed E-state index contributed by atoms with van der Waals surface area (Å²) in [7, 11) is 0. The molecule has 4 rings (SSSR count). The fourth-order valence-electron chi connectivity index (χ4n) is 3.52. The van der Waals surface area contributed by atoms with Gasteiger partial charge in [0.15, 0.2) is 0 Å². The van der Waals surface area contributed by atoms with E-state index in [1.54, 1.807) is 23.2 Å². The first-order chi connectivity index (χ1) is 13.7. The Kier molecular flexibility index (Phi) is 5.28. The smallest absolute Gasteiger partial charge is 0.253 e. The maximum absolute atomic E-state index is 13.5. The summed E-state index contributed by atoms with van der Waals surface area (Å²) in [6.07, 6.45) is 3.58. The van der Waals surface area contributed by atoms with Crippen molar-refractivity contribution in [2.24, 2.45) is 0 Å². The van der Waals surface area contributed by atoms with Crippen molar-refractivity contribution in [2.45, 2.75) is 18.8 Å². The number of hydrogen-bond donors (Lipinski definition) is 1. The predicted octanol–water partition coefficient (Wildman–Crippen LogP) is 4.38. The van der Waals surface area contributed by atoms with Gasteiger partial charge in [-0.05, 0) is 49.2 Å². The van der Waals surface area contributed by atoms with Crippen LogP contribution < -0.4 is 5.32 Å². The second kappa shape index (κ2) is 8.17. The number of likely N-dealkylation sites (tertiary alicyclic amines) is 1. The zero-order valence-electron chi connectivity index (χ0n) is 15.4. The van der Waals surface area contributed by atoms with E-state index in [0.717, 1.165) is 24.2 Å². The van der Waals surface area contributed by atoms with Gasteiger partial charge in [0.05, 0.1) is 5.69 Å². The van der Waals surface area contributed by atoms with Crippen LogP contribution in [-0.2, 0) is 0 Å². The Balaban J connectivity index is 1.48. The fourth-order valence-corrected chi connectivity index (χ4v) is 3.52. The molecule has 142 valence electrons. The summed E-state index contributed by atoms with van der Waals surface area (Å²) >= 11 is 0. The monoisotopic (exact) mass is 376 g/mol. The number of nitrogens with zero attached hydrogens (tertiary/aromatic N) is 3. The normalized spacial score (nSPS) is 16.6. The highest BCUT2D eigenvalue weighted by molar-refractivity contribution is 5.94. The number of piperidine rings is 1. The summed E-state index contributed by atoms with van der Waals surface area (Å²) in [5, 5.41) is 3.21. The number of nitrogens with one attached hydrogen (secondary N) is 1. The number of hydrogen-bond acceptors (Lipinski definition) is 4. The van der Waals surface area contributed by atoms with Gasteiger partial charge in [-0.2, -0.15) is 0 Å². The third-order valence-electron chi connectivity index (χ3n) is 4.91. The minimum absolute atomic E-state index is 0.130. The number of carbonyl (C=O) groups excluding carboxylic acids is 1. The molecule has 1 amide bonds. The zero-order chi connectivity index (χ0) is 19.3. The topological polar surface area (TPSA) is 58.1 Å². The van der Waals surface area contributed by atoms with E-state index in [1.807, 2.05) is 36.4 Å². The van der Waals surface area contributed by atoms with Gasteiger partial charge in [-0.3, -0.25) is 4.79 Å². The van der Waals surface area contributed by atoms with Gasteiger partial charge in [-0.25, -0.2) is 14.4 Å². The van der Waals surface area contributed by atoms with Gasteiger partial charge < -0.3 is 10.2 Å². The highest BCUT2D eigenvalue weighted by atomic mass is 19.1. The average Bonchev–Trinajstić information content (AvgIpc) is 2.74. The molecule has 0 radical (unpaired) electrons. The van der Waals surface area contributed by atoms with Crippen LogP contribution in [0.2, 0.25) is 0 Å². The molecule has 0 bridgehead atoms. The zero-order valence-corrected chi connectivity index (χ0v) is 15.4. The molecule has 1 aromatic heterocycles. The minimum atomic E-state index is -0.396. The molecule has 0 spiro atoms. The minimum Gasteiger partial charge on any atom is -0.338 e. The molecule has 28 heavy (non-hydrogen) atoms. The van der Waals surface area contributed by atoms with E-state index < -0.39 is 5.82 Å². The molecule has 1 N–H and O–H groups in total. The van der Waals surface area contributed by atoms with Crippen LogP contribution in [-0.4, -0.2) is 33.9 Å². The summed E-state index contributed by atoms with van der Waals surface area (Å²) in [4.78, 5) is 23.5. The lowest BCUT2D eigenvalue weighted by atomic mass is 9.94. The third kappa shape index (κ3) is 4.17. The summed E-state index contributed by atoms with van der Waals surface area (Å²) < 4.78 is 13.5. The van der Waals surface area contributed by atoms with Gasteiger partial charge in [0.25, 0.3) is 5.91 Å². The fraction of sp³-hybridized carbons (Fsp3) is 0.227. The molecule has 2 heterocycles. The van der Waals surface area contributed by atoms with Crippen molar-refractivity contribution in [3.63, 3.8) is 0 Å². The number of carbonyl (C=O) groups is 1. The maximum Gasteiger partial charge on any atom is 0.253 e. The summed E-state index contributed by atoms with van der Waals surface area (Å²) in [6.45, 7) is 1.24. The Labute approximate surface area is 163 Å². The van der Waals surface area contributed by atoms with Gasteiger partial charge in [0, 0.05) is 36.5 Å². The molecule has 0 saturated carbocycles. The number of para-hydroxylation sites is 1. The Hall–Kier alpha value is -3.28. The summed E-state index contributed by atoms with van der Waals surface area (Å²) in [5.74, 6) is 0.135. The molecule has 1 aliphatic rings. The highest BCUT2D eigenvalue weighted by Crippen LogP contribution is 2.27. The lowest BCUT2D eigenvalue weighted by molar-refractivity contribution is 0.0705. The first kappa shape index (κ1) is 18.1. The Morgan fingerprint density at radius 2 is 1.96 bits per heavy atom. The number of aromatic nitrogens is 2. The summed E-state index contributed by atoms with van der Waals surface area (Å²) in [6, 6.07) is 17.5. The molecule has 0 aliphatic carbocycles. The van der Waals surface area contributed by atoms with Crippen LogP contribution in [0.3, 0.4) is 0 Å². The van der Waals surface area contributed by atoms with E-state index in [-0.39, 0.29) is 11.8 Å². The van der Waals surface area contributed by atoms with Gasteiger partial charge in [0.1, 0.15) is 5.82 Å². The van der Waals surface area contributed by atoms with E-state index in [4.69, 9.17) is 0 Å². The van der Waals surface area contributed by atoms with E-state index in [9.17, 15) is 9.18 Å². The van der Waals surface area contributed by atoms with Gasteiger partial charge >= 0.3 is 0 Å². The number of halogens is 1. The largest absolute Gasteiger partial charge is 0.338 e. The molecule has 1 atom stereocenters. The lowest BCUT2D eigenvalue weighted by Crippen LogP contribution is -2.39. The predicted molar refractivity (Wildman–Crippen MR) is 106 cm³/mol. The van der Waals surface area contributed by atoms with Crippen molar-refractivity contribution >= 4 is 17.5 Å². The van der Waals surface area contributed by atoms with Crippen LogP contribution in [0.4, 0.5) is 16.0 Å². The Morgan fingerprint density at radius 3 is 2.79 bits per heavy atom. The molecule has 5 nitrogen and oxygen atoms in total. The van der Waals surface area contributed by atoms with E-state index >= 15 is 0 Å². The number of benzene rings is 2. The van der Waals surface area contributed by atoms with Crippen molar-refractivity contribution in [3.8, 4) is 0 Å². The number of rotatable bonds is 4. The highest BCUT2D eigenvalue weighted by Gasteiger charge is 2.26. The Morgan fingerprint density at radius 1 is 1.11 bits per heavy atom. The average molecular weight is 376 g/mol. The summed E-state index contributed by atoms with van der Waals surface area (Å²) in [5.41, 5.74) is 2.21. The molecule has 3 aromatic rings. The second-order valence-corrected chi connectivity index (χ2v) is 6.90. The van der Waals surface area contributed by atoms with Crippen LogP contribution in [0, 0.1) is 5.82 Å². The lowest BCUT2D eigenvalue weighted by Gasteiger charge is -2.32. The van der Waals surface area contributed by atoms with Crippen molar-refractivity contribution in [2.75, 3.05) is 18.4 Å². The van der Waals surface area contributed by atoms with Crippen molar-refractivity contribution in [1.29, 1.82) is 0 Å². The van der Waals surface area contributed by atoms with Crippen LogP contribution in [0.25, 0.3) is 0 Å². The molecular formula is C22H21FN4O. The Bertz CT molecular complexity index is 964. The molecule has 1 saturated heterocycles. The molecule has 1 fully saturated rings. The van der Waals surface area contributed by atoms with Crippen molar-refractivity contribution in [3.05, 3.63) is 83.9 Å². The van der Waals surface area contributed by atoms with Crippen molar-refractivity contribution < 1.29 is 9.18 Å². The van der Waals surface area contributed by atoms with E-state index in [1.165, 1.54) is 12.1 Å². The molecule has 2 aromatic carbocycles. The van der Waals surface area contributed by atoms with E-state index in [0.29, 0.717) is 24.6 Å². The molecule has 1 aliphatic heterocycles. The first-order valence-electron chi connectivity index (χ1n) is 9.39. The van der Waals surface area contributed by atoms with Crippen LogP contribution in [0.1, 0.15) is 34.8 Å². The van der Waals surface area contributed by atoms with E-state index in [2.05, 4.69) is 15.3 Å².